The lowest BCUT2D eigenvalue weighted by Crippen LogP contribution is -2.19. The topological polar surface area (TPSA) is 41.5 Å². The molecular weight excluding hydrogens is 348 g/mol. The number of nitrogens with one attached hydrogen (secondary N) is 1. The smallest absolute Gasteiger partial charge is 0.250 e. The second-order valence-electron chi connectivity index (χ2n) is 4.33. The van der Waals surface area contributed by atoms with Gasteiger partial charge in [-0.15, -0.1) is 11.8 Å². The van der Waals surface area contributed by atoms with Gasteiger partial charge in [-0.05, 0) is 23.3 Å². The first-order chi connectivity index (χ1) is 10.2. The van der Waals surface area contributed by atoms with E-state index in [2.05, 4.69) is 32.5 Å². The number of halogens is 1. The molecule has 0 aliphatic rings. The number of benzene rings is 2. The Labute approximate surface area is 137 Å². The van der Waals surface area contributed by atoms with Crippen LogP contribution in [0.4, 0.5) is 0 Å². The van der Waals surface area contributed by atoms with E-state index < -0.39 is 0 Å². The van der Waals surface area contributed by atoms with E-state index in [-0.39, 0.29) is 5.91 Å². The molecule has 5 heteroatoms. The number of carbonyl (C=O) groups excluding carboxylic acids is 1. The van der Waals surface area contributed by atoms with Crippen molar-refractivity contribution in [3.05, 3.63) is 70.2 Å². The Bertz CT molecular complexity index is 617. The first-order valence-electron chi connectivity index (χ1n) is 6.43. The summed E-state index contributed by atoms with van der Waals surface area (Å²) in [5.74, 6) is 1.09. The minimum Gasteiger partial charge on any atom is -0.272 e. The summed E-state index contributed by atoms with van der Waals surface area (Å²) in [6.45, 7) is 0. The zero-order chi connectivity index (χ0) is 14.9. The second-order valence-corrected chi connectivity index (χ2v) is 6.23. The fourth-order valence-corrected chi connectivity index (χ4v) is 2.85. The van der Waals surface area contributed by atoms with Crippen LogP contribution in [0.2, 0.25) is 0 Å². The number of nitrogens with zero attached hydrogens (tertiary/aromatic N) is 1. The van der Waals surface area contributed by atoms with Crippen molar-refractivity contribution < 1.29 is 4.79 Å². The molecule has 0 fully saturated rings. The molecule has 0 radical (unpaired) electrons. The Kier molecular flexibility index (Phi) is 6.50. The molecule has 21 heavy (non-hydrogen) atoms. The summed E-state index contributed by atoms with van der Waals surface area (Å²) >= 11 is 4.99. The lowest BCUT2D eigenvalue weighted by Gasteiger charge is -2.02. The number of hydrazone groups is 1. The summed E-state index contributed by atoms with van der Waals surface area (Å²) < 4.78 is 1.05. The van der Waals surface area contributed by atoms with Gasteiger partial charge in [-0.1, -0.05) is 58.4 Å². The molecule has 2 rings (SSSR count). The maximum Gasteiger partial charge on any atom is 0.250 e. The van der Waals surface area contributed by atoms with Crippen LogP contribution in [-0.4, -0.2) is 17.9 Å². The third-order valence-corrected chi connectivity index (χ3v) is 4.09. The van der Waals surface area contributed by atoms with E-state index in [1.165, 1.54) is 5.56 Å². The van der Waals surface area contributed by atoms with Crippen LogP contribution in [0.1, 0.15) is 11.1 Å². The zero-order valence-electron chi connectivity index (χ0n) is 11.3. The van der Waals surface area contributed by atoms with E-state index in [1.807, 2.05) is 48.5 Å². The van der Waals surface area contributed by atoms with Crippen LogP contribution in [0, 0.1) is 0 Å². The SMILES string of the molecule is O=C(CSCc1cccc(Br)c1)N/N=C/c1ccccc1. The average molecular weight is 363 g/mol. The molecule has 0 aromatic heterocycles. The highest BCUT2D eigenvalue weighted by molar-refractivity contribution is 9.10. The molecule has 0 unspecified atom stereocenters. The molecule has 0 spiro atoms. The van der Waals surface area contributed by atoms with Gasteiger partial charge in [0.15, 0.2) is 0 Å². The summed E-state index contributed by atoms with van der Waals surface area (Å²) in [5.41, 5.74) is 4.68. The van der Waals surface area contributed by atoms with Crippen LogP contribution in [-0.2, 0) is 10.5 Å². The standard InChI is InChI=1S/C16H15BrN2OS/c17-15-8-4-7-14(9-15)11-21-12-16(20)19-18-10-13-5-2-1-3-6-13/h1-10H,11-12H2,(H,19,20)/b18-10+. The molecule has 0 bridgehead atoms. The van der Waals surface area contributed by atoms with Gasteiger partial charge in [-0.3, -0.25) is 4.79 Å². The summed E-state index contributed by atoms with van der Waals surface area (Å²) in [5, 5.41) is 3.94. The average Bonchev–Trinajstić information content (AvgIpc) is 2.48. The lowest BCUT2D eigenvalue weighted by atomic mass is 10.2. The molecule has 2 aromatic rings. The Hall–Kier alpha value is -1.59. The molecule has 0 heterocycles. The van der Waals surface area contributed by atoms with Crippen molar-refractivity contribution in [2.45, 2.75) is 5.75 Å². The number of hydrogen-bond acceptors (Lipinski definition) is 3. The van der Waals surface area contributed by atoms with E-state index in [0.29, 0.717) is 5.75 Å². The van der Waals surface area contributed by atoms with Crippen LogP contribution in [0.15, 0.2) is 64.2 Å². The van der Waals surface area contributed by atoms with Crippen molar-refractivity contribution in [1.29, 1.82) is 0 Å². The first-order valence-corrected chi connectivity index (χ1v) is 8.38. The van der Waals surface area contributed by atoms with Gasteiger partial charge in [0.25, 0.3) is 0 Å². The lowest BCUT2D eigenvalue weighted by molar-refractivity contribution is -0.118. The van der Waals surface area contributed by atoms with E-state index in [0.717, 1.165) is 15.8 Å². The Morgan fingerprint density at radius 3 is 2.76 bits per heavy atom. The highest BCUT2D eigenvalue weighted by Gasteiger charge is 2.01. The second kappa shape index (κ2) is 8.64. The fourth-order valence-electron chi connectivity index (χ4n) is 1.64. The van der Waals surface area contributed by atoms with Crippen molar-refractivity contribution >= 4 is 39.8 Å². The fraction of sp³-hybridized carbons (Fsp3) is 0.125. The number of hydrogen-bond donors (Lipinski definition) is 1. The molecule has 1 N–H and O–H groups in total. The number of rotatable bonds is 6. The maximum absolute atomic E-state index is 11.6. The molecule has 3 nitrogen and oxygen atoms in total. The van der Waals surface area contributed by atoms with E-state index in [1.54, 1.807) is 18.0 Å². The summed E-state index contributed by atoms with van der Waals surface area (Å²) in [6.07, 6.45) is 1.64. The highest BCUT2D eigenvalue weighted by atomic mass is 79.9. The van der Waals surface area contributed by atoms with Crippen LogP contribution in [0.25, 0.3) is 0 Å². The van der Waals surface area contributed by atoms with Crippen LogP contribution in [0.3, 0.4) is 0 Å². The summed E-state index contributed by atoms with van der Waals surface area (Å²) in [6, 6.07) is 17.7. The molecule has 108 valence electrons. The molecule has 0 aliphatic carbocycles. The van der Waals surface area contributed by atoms with Gasteiger partial charge >= 0.3 is 0 Å². The minimum atomic E-state index is -0.0952. The molecular formula is C16H15BrN2OS. The van der Waals surface area contributed by atoms with Crippen molar-refractivity contribution in [1.82, 2.24) is 5.43 Å². The minimum absolute atomic E-state index is 0.0952. The van der Waals surface area contributed by atoms with Crippen molar-refractivity contribution in [3.8, 4) is 0 Å². The van der Waals surface area contributed by atoms with Gasteiger partial charge in [-0.2, -0.15) is 5.10 Å². The van der Waals surface area contributed by atoms with Gasteiger partial charge in [0.1, 0.15) is 0 Å². The zero-order valence-corrected chi connectivity index (χ0v) is 13.7. The monoisotopic (exact) mass is 362 g/mol. The number of amides is 1. The molecule has 2 aromatic carbocycles. The first kappa shape index (κ1) is 15.8. The van der Waals surface area contributed by atoms with E-state index in [9.17, 15) is 4.79 Å². The summed E-state index contributed by atoms with van der Waals surface area (Å²) in [7, 11) is 0. The number of carbonyl (C=O) groups is 1. The largest absolute Gasteiger partial charge is 0.272 e. The Balaban J connectivity index is 1.69. The van der Waals surface area contributed by atoms with Gasteiger partial charge in [0, 0.05) is 10.2 Å². The van der Waals surface area contributed by atoms with Crippen molar-refractivity contribution in [2.75, 3.05) is 5.75 Å². The molecule has 1 amide bonds. The van der Waals surface area contributed by atoms with Gasteiger partial charge in [-0.25, -0.2) is 5.43 Å². The van der Waals surface area contributed by atoms with Crippen molar-refractivity contribution in [3.63, 3.8) is 0 Å². The number of thioether (sulfide) groups is 1. The maximum atomic E-state index is 11.6. The third-order valence-electron chi connectivity index (χ3n) is 2.59. The third kappa shape index (κ3) is 6.14. The quantitative estimate of drug-likeness (QED) is 0.626. The normalized spacial score (nSPS) is 10.7. The molecule has 0 saturated heterocycles. The molecule has 0 aliphatic heterocycles. The van der Waals surface area contributed by atoms with Crippen LogP contribution >= 0.6 is 27.7 Å². The van der Waals surface area contributed by atoms with Gasteiger partial charge in [0.2, 0.25) is 5.91 Å². The Morgan fingerprint density at radius 1 is 1.19 bits per heavy atom. The van der Waals surface area contributed by atoms with Gasteiger partial charge in [0.05, 0.1) is 12.0 Å². The molecule has 0 atom stereocenters. The van der Waals surface area contributed by atoms with Gasteiger partial charge < -0.3 is 0 Å². The van der Waals surface area contributed by atoms with Crippen molar-refractivity contribution in [2.24, 2.45) is 5.10 Å². The molecule has 0 saturated carbocycles. The predicted octanol–water partition coefficient (Wildman–Crippen LogP) is 3.83. The van der Waals surface area contributed by atoms with E-state index >= 15 is 0 Å². The van der Waals surface area contributed by atoms with Crippen LogP contribution in [0.5, 0.6) is 0 Å². The predicted molar refractivity (Wildman–Crippen MR) is 92.5 cm³/mol. The van der Waals surface area contributed by atoms with Crippen LogP contribution < -0.4 is 5.43 Å². The van der Waals surface area contributed by atoms with E-state index in [4.69, 9.17) is 0 Å². The summed E-state index contributed by atoms with van der Waals surface area (Å²) in [4.78, 5) is 11.6. The highest BCUT2D eigenvalue weighted by Crippen LogP contribution is 2.16. The Morgan fingerprint density at radius 2 is 2.00 bits per heavy atom.